The molecule has 2 nitrogen and oxygen atoms in total. The maximum atomic E-state index is 13.5. The summed E-state index contributed by atoms with van der Waals surface area (Å²) in [5.74, 6) is -0.393. The van der Waals surface area contributed by atoms with Crippen LogP contribution < -0.4 is 5.43 Å². The maximum absolute atomic E-state index is 13.5. The molecule has 0 saturated carbocycles. The van der Waals surface area contributed by atoms with Crippen molar-refractivity contribution in [3.8, 4) is 11.1 Å². The predicted octanol–water partition coefficient (Wildman–Crippen LogP) is 5.14. The number of hydrogen-bond acceptors (Lipinski definition) is 1. The van der Waals surface area contributed by atoms with E-state index in [0.29, 0.717) is 26.8 Å². The summed E-state index contributed by atoms with van der Waals surface area (Å²) in [5.41, 5.74) is 2.58. The van der Waals surface area contributed by atoms with E-state index >= 15 is 0 Å². The fourth-order valence-electron chi connectivity index (χ4n) is 2.88. The molecule has 0 atom stereocenters. The average Bonchev–Trinajstić information content (AvgIpc) is 2.55. The van der Waals surface area contributed by atoms with E-state index in [-0.39, 0.29) is 5.43 Å². The molecule has 1 heterocycles. The van der Waals surface area contributed by atoms with Crippen LogP contribution in [0.4, 0.5) is 4.39 Å². The number of hydrogen-bond donors (Lipinski definition) is 1. The lowest BCUT2D eigenvalue weighted by molar-refractivity contribution is 0.629. The van der Waals surface area contributed by atoms with Gasteiger partial charge in [-0.2, -0.15) is 0 Å². The van der Waals surface area contributed by atoms with Crippen LogP contribution in [0.5, 0.6) is 0 Å². The highest BCUT2D eigenvalue weighted by Gasteiger charge is 2.13. The molecule has 0 amide bonds. The molecule has 112 valence electrons. The van der Waals surface area contributed by atoms with Gasteiger partial charge in [0.25, 0.3) is 0 Å². The lowest BCUT2D eigenvalue weighted by Crippen LogP contribution is -2.05. The van der Waals surface area contributed by atoms with Gasteiger partial charge in [0.1, 0.15) is 5.82 Å². The van der Waals surface area contributed by atoms with Crippen molar-refractivity contribution < 1.29 is 4.39 Å². The third kappa shape index (κ3) is 2.21. The number of rotatable bonds is 1. The van der Waals surface area contributed by atoms with Crippen molar-refractivity contribution in [2.24, 2.45) is 0 Å². The van der Waals surface area contributed by atoms with E-state index in [9.17, 15) is 9.18 Å². The molecule has 0 aliphatic carbocycles. The van der Waals surface area contributed by atoms with E-state index < -0.39 is 5.82 Å². The van der Waals surface area contributed by atoms with Crippen molar-refractivity contribution in [3.05, 3.63) is 81.7 Å². The van der Waals surface area contributed by atoms with Gasteiger partial charge in [-0.1, -0.05) is 41.9 Å². The molecular weight excluding hydrogens is 313 g/mol. The monoisotopic (exact) mass is 323 g/mol. The van der Waals surface area contributed by atoms with Crippen LogP contribution in [0.3, 0.4) is 0 Å². The number of nitrogens with one attached hydrogen (secondary N) is 1. The van der Waals surface area contributed by atoms with Crippen molar-refractivity contribution in [3.63, 3.8) is 0 Å². The number of halogens is 2. The van der Waals surface area contributed by atoms with Gasteiger partial charge in [-0.15, -0.1) is 0 Å². The Kier molecular flexibility index (Phi) is 3.17. The van der Waals surface area contributed by atoms with Crippen molar-refractivity contribution in [1.82, 2.24) is 4.98 Å². The van der Waals surface area contributed by atoms with Crippen LogP contribution in [0.1, 0.15) is 0 Å². The minimum atomic E-state index is -0.393. The van der Waals surface area contributed by atoms with E-state index in [2.05, 4.69) is 4.98 Å². The number of pyridine rings is 1. The third-order valence-corrected chi connectivity index (χ3v) is 4.26. The maximum Gasteiger partial charge on any atom is 0.197 e. The first-order valence-corrected chi connectivity index (χ1v) is 7.52. The summed E-state index contributed by atoms with van der Waals surface area (Å²) < 4.78 is 13.5. The van der Waals surface area contributed by atoms with Crippen LogP contribution in [-0.2, 0) is 0 Å². The van der Waals surface area contributed by atoms with E-state index in [0.717, 1.165) is 11.1 Å². The minimum Gasteiger partial charge on any atom is -0.354 e. The first-order chi connectivity index (χ1) is 11.1. The van der Waals surface area contributed by atoms with Gasteiger partial charge in [-0.3, -0.25) is 4.79 Å². The Morgan fingerprint density at radius 2 is 1.65 bits per heavy atom. The molecule has 0 fully saturated rings. The van der Waals surface area contributed by atoms with E-state index in [1.165, 1.54) is 18.2 Å². The van der Waals surface area contributed by atoms with Gasteiger partial charge in [0.2, 0.25) is 0 Å². The fraction of sp³-hybridized carbons (Fsp3) is 0. The summed E-state index contributed by atoms with van der Waals surface area (Å²) in [5, 5.41) is 1.53. The van der Waals surface area contributed by atoms with Gasteiger partial charge in [0, 0.05) is 16.3 Å². The van der Waals surface area contributed by atoms with Crippen molar-refractivity contribution in [1.29, 1.82) is 0 Å². The fourth-order valence-corrected chi connectivity index (χ4v) is 3.15. The zero-order valence-corrected chi connectivity index (χ0v) is 12.7. The summed E-state index contributed by atoms with van der Waals surface area (Å²) in [4.78, 5) is 15.9. The summed E-state index contributed by atoms with van der Waals surface area (Å²) in [6, 6.07) is 17.1. The summed E-state index contributed by atoms with van der Waals surface area (Å²) in [6.45, 7) is 0. The standard InChI is InChI=1S/C19H11ClFNO/c20-15-9-8-14-18(17(15)11-4-2-1-3-5-11)22-16-10-12(21)6-7-13(16)19(14)23/h1-10H,(H,22,23). The highest BCUT2D eigenvalue weighted by Crippen LogP contribution is 2.34. The smallest absolute Gasteiger partial charge is 0.197 e. The van der Waals surface area contributed by atoms with Crippen molar-refractivity contribution in [2.45, 2.75) is 0 Å². The number of H-pyrrole nitrogens is 1. The number of aromatic amines is 1. The molecule has 1 aromatic heterocycles. The molecule has 3 aromatic carbocycles. The minimum absolute atomic E-state index is 0.136. The Morgan fingerprint density at radius 3 is 2.43 bits per heavy atom. The SMILES string of the molecule is O=c1c2ccc(F)cc2[nH]c2c(-c3ccccc3)c(Cl)ccc12. The molecule has 0 unspecified atom stereocenters. The van der Waals surface area contributed by atoms with Crippen molar-refractivity contribution in [2.75, 3.05) is 0 Å². The molecule has 1 N–H and O–H groups in total. The van der Waals surface area contributed by atoms with E-state index in [1.807, 2.05) is 30.3 Å². The van der Waals surface area contributed by atoms with Gasteiger partial charge in [-0.25, -0.2) is 4.39 Å². The van der Waals surface area contributed by atoms with Gasteiger partial charge in [0.05, 0.1) is 16.1 Å². The zero-order valence-electron chi connectivity index (χ0n) is 11.9. The van der Waals surface area contributed by atoms with Gasteiger partial charge < -0.3 is 4.98 Å². The Bertz CT molecular complexity index is 1100. The van der Waals surface area contributed by atoms with Crippen LogP contribution in [0, 0.1) is 5.82 Å². The average molecular weight is 324 g/mol. The molecule has 4 aromatic rings. The second kappa shape index (κ2) is 5.21. The van der Waals surface area contributed by atoms with E-state index in [1.54, 1.807) is 12.1 Å². The lowest BCUT2D eigenvalue weighted by atomic mass is 10.0. The second-order valence-electron chi connectivity index (χ2n) is 5.36. The molecule has 4 rings (SSSR count). The second-order valence-corrected chi connectivity index (χ2v) is 5.76. The van der Waals surface area contributed by atoms with Crippen LogP contribution in [0.2, 0.25) is 5.02 Å². The Hall–Kier alpha value is -2.65. The predicted molar refractivity (Wildman–Crippen MR) is 92.5 cm³/mol. The first-order valence-electron chi connectivity index (χ1n) is 7.14. The van der Waals surface area contributed by atoms with Crippen LogP contribution >= 0.6 is 11.6 Å². The summed E-state index contributed by atoms with van der Waals surface area (Å²) in [7, 11) is 0. The third-order valence-electron chi connectivity index (χ3n) is 3.95. The molecule has 23 heavy (non-hydrogen) atoms. The summed E-state index contributed by atoms with van der Waals surface area (Å²) >= 11 is 6.38. The molecule has 0 bridgehead atoms. The molecule has 0 saturated heterocycles. The normalized spacial score (nSPS) is 11.2. The number of fused-ring (bicyclic) bond motifs is 2. The molecule has 0 aliphatic heterocycles. The lowest BCUT2D eigenvalue weighted by Gasteiger charge is -2.10. The topological polar surface area (TPSA) is 32.9 Å². The van der Waals surface area contributed by atoms with Crippen LogP contribution in [-0.4, -0.2) is 4.98 Å². The Morgan fingerprint density at radius 1 is 0.913 bits per heavy atom. The van der Waals surface area contributed by atoms with Crippen LogP contribution in [0.25, 0.3) is 32.9 Å². The number of aromatic nitrogens is 1. The highest BCUT2D eigenvalue weighted by atomic mass is 35.5. The molecular formula is C19H11ClFNO. The van der Waals surface area contributed by atoms with Crippen molar-refractivity contribution >= 4 is 33.4 Å². The van der Waals surface area contributed by atoms with Gasteiger partial charge >= 0.3 is 0 Å². The Balaban J connectivity index is 2.21. The molecule has 4 heteroatoms. The number of benzene rings is 3. The highest BCUT2D eigenvalue weighted by molar-refractivity contribution is 6.35. The van der Waals surface area contributed by atoms with Gasteiger partial charge in [0.15, 0.2) is 5.43 Å². The van der Waals surface area contributed by atoms with E-state index in [4.69, 9.17) is 11.6 Å². The molecule has 0 radical (unpaired) electrons. The quantitative estimate of drug-likeness (QED) is 0.483. The molecule has 0 spiro atoms. The largest absolute Gasteiger partial charge is 0.354 e. The molecule has 0 aliphatic rings. The Labute approximate surface area is 136 Å². The zero-order chi connectivity index (χ0) is 16.0. The first kappa shape index (κ1) is 14.0. The summed E-state index contributed by atoms with van der Waals surface area (Å²) in [6.07, 6.45) is 0. The van der Waals surface area contributed by atoms with Gasteiger partial charge in [-0.05, 0) is 35.9 Å². The van der Waals surface area contributed by atoms with Crippen LogP contribution in [0.15, 0.2) is 65.5 Å².